The molecule has 0 saturated heterocycles. The second-order valence-electron chi connectivity index (χ2n) is 6.00. The summed E-state index contributed by atoms with van der Waals surface area (Å²) in [4.78, 5) is 33.4. The number of phenolic OH excluding ortho intramolecular Hbond substituents is 2. The summed E-state index contributed by atoms with van der Waals surface area (Å²) in [6.45, 7) is 0. The van der Waals surface area contributed by atoms with Crippen molar-refractivity contribution in [1.82, 2.24) is 0 Å². The van der Waals surface area contributed by atoms with Crippen molar-refractivity contribution in [3.63, 3.8) is 0 Å². The van der Waals surface area contributed by atoms with Crippen LogP contribution in [0, 0.1) is 5.41 Å². The fraction of sp³-hybridized carbons (Fsp3) is 0. The zero-order valence-electron chi connectivity index (χ0n) is 14.1. The summed E-state index contributed by atoms with van der Waals surface area (Å²) in [5.74, 6) is -2.95. The van der Waals surface area contributed by atoms with Crippen molar-refractivity contribution >= 4 is 53.2 Å². The molecular formula is C14H9N3O11S2. The van der Waals surface area contributed by atoms with E-state index in [0.29, 0.717) is 0 Å². The molecule has 0 aliphatic rings. The Morgan fingerprint density at radius 2 is 1.13 bits per heavy atom. The van der Waals surface area contributed by atoms with E-state index in [4.69, 9.17) is 21.4 Å². The monoisotopic (exact) mass is 459 g/mol. The molecule has 0 radical (unpaired) electrons. The smallest absolute Gasteiger partial charge is 0.302 e. The first-order valence-electron chi connectivity index (χ1n) is 7.33. The molecule has 3 rings (SSSR count). The van der Waals surface area contributed by atoms with E-state index in [0.717, 1.165) is 0 Å². The molecule has 0 atom stereocenters. The Hall–Kier alpha value is -3.60. The SMILES string of the molecule is N=c1c(=O)c(S(=O)(=O)O)c(O)c2c(O)c3c(=O)c(=O)c(S(=O)(=O)O)c(N)c3c(N)c12. The molecule has 158 valence electrons. The summed E-state index contributed by atoms with van der Waals surface area (Å²) < 4.78 is 64.2. The number of nitrogens with two attached hydrogens (primary N) is 2. The van der Waals surface area contributed by atoms with Crippen molar-refractivity contribution in [2.45, 2.75) is 9.79 Å². The molecule has 0 heterocycles. The minimum absolute atomic E-state index is 0.843. The van der Waals surface area contributed by atoms with Crippen molar-refractivity contribution in [3.8, 4) is 11.5 Å². The Labute approximate surface area is 163 Å². The van der Waals surface area contributed by atoms with E-state index in [1.165, 1.54) is 0 Å². The van der Waals surface area contributed by atoms with Gasteiger partial charge in [0.25, 0.3) is 0 Å². The highest BCUT2D eigenvalue weighted by atomic mass is 32.2. The molecule has 3 aromatic rings. The number of hydrogen-bond donors (Lipinski definition) is 7. The lowest BCUT2D eigenvalue weighted by Gasteiger charge is -2.14. The maximum Gasteiger partial charge on any atom is 0.302 e. The lowest BCUT2D eigenvalue weighted by Crippen LogP contribution is -2.32. The highest BCUT2D eigenvalue weighted by molar-refractivity contribution is 7.86. The van der Waals surface area contributed by atoms with Crippen molar-refractivity contribution in [2.75, 3.05) is 11.5 Å². The number of rotatable bonds is 2. The zero-order valence-corrected chi connectivity index (χ0v) is 15.8. The third-order valence-electron chi connectivity index (χ3n) is 4.32. The molecule has 3 aromatic carbocycles. The molecule has 14 nitrogen and oxygen atoms in total. The Balaban J connectivity index is 2.93. The van der Waals surface area contributed by atoms with Crippen LogP contribution in [0.3, 0.4) is 0 Å². The Kier molecular flexibility index (Phi) is 4.19. The highest BCUT2D eigenvalue weighted by Crippen LogP contribution is 2.43. The zero-order chi connectivity index (χ0) is 23.1. The van der Waals surface area contributed by atoms with Gasteiger partial charge in [-0.1, -0.05) is 0 Å². The molecule has 0 amide bonds. The number of aromatic hydroxyl groups is 2. The number of nitrogen functional groups attached to an aromatic ring is 2. The normalized spacial score (nSPS) is 12.6. The Morgan fingerprint density at radius 3 is 1.60 bits per heavy atom. The lowest BCUT2D eigenvalue weighted by molar-refractivity contribution is 0.441. The van der Waals surface area contributed by atoms with Crippen molar-refractivity contribution in [1.29, 1.82) is 5.41 Å². The summed E-state index contributed by atoms with van der Waals surface area (Å²) in [6, 6.07) is 0. The first kappa shape index (κ1) is 21.1. The van der Waals surface area contributed by atoms with Crippen LogP contribution in [0.4, 0.5) is 11.4 Å². The Bertz CT molecular complexity index is 1620. The van der Waals surface area contributed by atoms with E-state index in [-0.39, 0.29) is 0 Å². The Morgan fingerprint density at radius 1 is 0.633 bits per heavy atom. The molecule has 0 fully saturated rings. The van der Waals surface area contributed by atoms with Gasteiger partial charge in [0.2, 0.25) is 16.3 Å². The van der Waals surface area contributed by atoms with Gasteiger partial charge in [0, 0.05) is 10.8 Å². The molecule has 0 bridgehead atoms. The second-order valence-corrected chi connectivity index (χ2v) is 8.71. The summed E-state index contributed by atoms with van der Waals surface area (Å²) in [7, 11) is -10.8. The molecule has 16 heteroatoms. The van der Waals surface area contributed by atoms with Crippen LogP contribution >= 0.6 is 0 Å². The maximum atomic E-state index is 12.4. The quantitative estimate of drug-likeness (QED) is 0.0686. The van der Waals surface area contributed by atoms with Gasteiger partial charge in [-0.15, -0.1) is 0 Å². The third kappa shape index (κ3) is 2.55. The number of anilines is 2. The van der Waals surface area contributed by atoms with Crippen molar-refractivity contribution in [3.05, 3.63) is 36.0 Å². The number of hydrogen-bond acceptors (Lipinski definition) is 12. The van der Waals surface area contributed by atoms with Gasteiger partial charge in [0.1, 0.15) is 11.1 Å². The molecule has 0 aromatic heterocycles. The van der Waals surface area contributed by atoms with E-state index < -0.39 is 96.1 Å². The van der Waals surface area contributed by atoms with Crippen LogP contribution in [0.1, 0.15) is 0 Å². The van der Waals surface area contributed by atoms with Gasteiger partial charge in [0.05, 0.1) is 22.1 Å². The van der Waals surface area contributed by atoms with Gasteiger partial charge in [-0.3, -0.25) is 28.9 Å². The van der Waals surface area contributed by atoms with Crippen molar-refractivity contribution < 1.29 is 36.2 Å². The summed E-state index contributed by atoms with van der Waals surface area (Å²) >= 11 is 0. The van der Waals surface area contributed by atoms with Crippen LogP contribution in [0.2, 0.25) is 0 Å². The third-order valence-corrected chi connectivity index (χ3v) is 6.13. The molecule has 0 aliphatic heterocycles. The first-order chi connectivity index (χ1) is 13.5. The second kappa shape index (κ2) is 5.95. The molecule has 0 spiro atoms. The van der Waals surface area contributed by atoms with Crippen LogP contribution in [0.25, 0.3) is 21.5 Å². The van der Waals surface area contributed by atoms with Crippen LogP contribution in [0.5, 0.6) is 11.5 Å². The highest BCUT2D eigenvalue weighted by Gasteiger charge is 2.32. The standard InChI is InChI=1S/C14H9N3O11S2/c15-5-1-4(10(20)14(30(26,27)28)11(21)6(1)16)8(18)3-2(5)7(17)13(29(23,24)25)12(22)9(3)19/h16,18,20H,15,17H2,(H,23,24,25)(H,26,27,28). The fourth-order valence-electron chi connectivity index (χ4n) is 3.14. The van der Waals surface area contributed by atoms with Crippen LogP contribution in [0.15, 0.2) is 24.2 Å². The lowest BCUT2D eigenvalue weighted by atomic mass is 9.97. The number of fused-ring (bicyclic) bond motifs is 2. The minimum Gasteiger partial charge on any atom is -0.506 e. The van der Waals surface area contributed by atoms with E-state index >= 15 is 0 Å². The predicted octanol–water partition coefficient (Wildman–Crippen LogP) is -2.50. The number of phenols is 2. The van der Waals surface area contributed by atoms with Crippen molar-refractivity contribution in [2.24, 2.45) is 0 Å². The maximum absolute atomic E-state index is 12.4. The minimum atomic E-state index is -5.42. The summed E-state index contributed by atoms with van der Waals surface area (Å²) in [6.07, 6.45) is 0. The van der Waals surface area contributed by atoms with Gasteiger partial charge < -0.3 is 21.7 Å². The number of nitrogens with one attached hydrogen (secondary N) is 1. The summed E-state index contributed by atoms with van der Waals surface area (Å²) in [5, 5.41) is 23.3. The average molecular weight is 459 g/mol. The summed E-state index contributed by atoms with van der Waals surface area (Å²) in [5.41, 5.74) is 3.97. The van der Waals surface area contributed by atoms with E-state index in [9.17, 15) is 46.0 Å². The average Bonchev–Trinajstić information content (AvgIpc) is 2.56. The van der Waals surface area contributed by atoms with Gasteiger partial charge in [-0.05, 0) is 0 Å². The largest absolute Gasteiger partial charge is 0.506 e. The van der Waals surface area contributed by atoms with Gasteiger partial charge in [-0.2, -0.15) is 16.8 Å². The van der Waals surface area contributed by atoms with Gasteiger partial charge in [0.15, 0.2) is 15.5 Å². The van der Waals surface area contributed by atoms with E-state index in [2.05, 4.69) is 0 Å². The number of benzene rings is 3. The molecule has 0 aliphatic carbocycles. The first-order valence-corrected chi connectivity index (χ1v) is 10.2. The van der Waals surface area contributed by atoms with Gasteiger partial charge >= 0.3 is 20.2 Å². The molecule has 30 heavy (non-hydrogen) atoms. The van der Waals surface area contributed by atoms with Crippen LogP contribution < -0.4 is 33.1 Å². The molecule has 0 unspecified atom stereocenters. The van der Waals surface area contributed by atoms with Crippen LogP contribution in [-0.2, 0) is 20.2 Å². The molecule has 0 saturated carbocycles. The molecule has 9 N–H and O–H groups in total. The van der Waals surface area contributed by atoms with E-state index in [1.807, 2.05) is 0 Å². The van der Waals surface area contributed by atoms with E-state index in [1.54, 1.807) is 0 Å². The van der Waals surface area contributed by atoms with Gasteiger partial charge in [-0.25, -0.2) is 0 Å². The molecular weight excluding hydrogens is 450 g/mol. The fourth-order valence-corrected chi connectivity index (χ4v) is 4.53. The van der Waals surface area contributed by atoms with Crippen LogP contribution in [-0.4, -0.2) is 36.2 Å². The topological polar surface area (TPSA) is 276 Å². The predicted molar refractivity (Wildman–Crippen MR) is 100 cm³/mol.